The van der Waals surface area contributed by atoms with E-state index < -0.39 is 5.92 Å². The summed E-state index contributed by atoms with van der Waals surface area (Å²) in [7, 11) is 0. The third-order valence-corrected chi connectivity index (χ3v) is 3.31. The number of aromatic nitrogens is 2. The van der Waals surface area contributed by atoms with Gasteiger partial charge in [0.2, 0.25) is 11.8 Å². The van der Waals surface area contributed by atoms with Crippen molar-refractivity contribution in [1.29, 1.82) is 0 Å². The van der Waals surface area contributed by atoms with Crippen molar-refractivity contribution in [1.82, 2.24) is 14.7 Å². The van der Waals surface area contributed by atoms with Gasteiger partial charge in [-0.1, -0.05) is 0 Å². The normalized spacial score (nSPS) is 19.5. The Morgan fingerprint density at radius 1 is 1.37 bits per heavy atom. The largest absolute Gasteiger partial charge is 0.302 e. The minimum Gasteiger partial charge on any atom is -0.302 e. The topological polar surface area (TPSA) is 80.5 Å². The number of fused-ring (bicyclic) bond motifs is 1. The smallest absolute Gasteiger partial charge is 0.235 e. The first-order chi connectivity index (χ1) is 9.19. The lowest BCUT2D eigenvalue weighted by molar-refractivity contribution is -0.134. The van der Waals surface area contributed by atoms with Gasteiger partial charge >= 0.3 is 0 Å². The predicted octanol–water partition coefficient (Wildman–Crippen LogP) is 0.667. The summed E-state index contributed by atoms with van der Waals surface area (Å²) in [4.78, 5) is 38.1. The summed E-state index contributed by atoms with van der Waals surface area (Å²) in [5.74, 6) is -1.02. The molecule has 0 saturated carbocycles. The average Bonchev–Trinajstić information content (AvgIpc) is 2.86. The van der Waals surface area contributed by atoms with Crippen molar-refractivity contribution < 1.29 is 14.4 Å². The van der Waals surface area contributed by atoms with E-state index in [9.17, 15) is 14.4 Å². The molecule has 0 bridgehead atoms. The molecule has 2 aromatic rings. The highest BCUT2D eigenvalue weighted by molar-refractivity contribution is 6.01. The molecule has 1 N–H and O–H groups in total. The molecule has 1 aliphatic heterocycles. The van der Waals surface area contributed by atoms with Gasteiger partial charge in [-0.05, 0) is 18.6 Å². The molecular weight excluding hydrogens is 246 g/mol. The molecule has 3 heterocycles. The highest BCUT2D eigenvalue weighted by Crippen LogP contribution is 2.26. The quantitative estimate of drug-likeness (QED) is 0.633. The first-order valence-corrected chi connectivity index (χ1v) is 5.94. The zero-order valence-corrected chi connectivity index (χ0v) is 10.00. The fourth-order valence-electron chi connectivity index (χ4n) is 2.39. The van der Waals surface area contributed by atoms with E-state index in [0.717, 1.165) is 11.8 Å². The molecule has 1 atom stereocenters. The van der Waals surface area contributed by atoms with Crippen LogP contribution < -0.4 is 5.32 Å². The molecule has 0 aromatic carbocycles. The Kier molecular flexibility index (Phi) is 2.63. The second kappa shape index (κ2) is 4.31. The molecule has 1 fully saturated rings. The summed E-state index contributed by atoms with van der Waals surface area (Å²) >= 11 is 0. The van der Waals surface area contributed by atoms with E-state index in [-0.39, 0.29) is 11.8 Å². The molecule has 96 valence electrons. The van der Waals surface area contributed by atoms with Crippen LogP contribution in [0.15, 0.2) is 24.7 Å². The van der Waals surface area contributed by atoms with Crippen LogP contribution in [0.1, 0.15) is 34.8 Å². The molecule has 6 nitrogen and oxygen atoms in total. The van der Waals surface area contributed by atoms with E-state index in [4.69, 9.17) is 0 Å². The molecular formula is C13H11N3O3. The lowest BCUT2D eigenvalue weighted by Crippen LogP contribution is -2.40. The molecule has 1 aliphatic rings. The maximum atomic E-state index is 11.9. The van der Waals surface area contributed by atoms with E-state index >= 15 is 0 Å². The molecule has 0 spiro atoms. The van der Waals surface area contributed by atoms with E-state index in [1.54, 1.807) is 29.1 Å². The summed E-state index contributed by atoms with van der Waals surface area (Å²) in [5, 5.41) is 2.32. The number of aldehydes is 1. The number of piperidine rings is 1. The lowest BCUT2D eigenvalue weighted by atomic mass is 9.93. The van der Waals surface area contributed by atoms with Gasteiger partial charge in [0.1, 0.15) is 6.29 Å². The Hall–Kier alpha value is -2.50. The molecule has 1 saturated heterocycles. The Balaban J connectivity index is 2.13. The Labute approximate surface area is 108 Å². The zero-order chi connectivity index (χ0) is 13.4. The van der Waals surface area contributed by atoms with Gasteiger partial charge in [-0.25, -0.2) is 4.98 Å². The van der Waals surface area contributed by atoms with E-state index in [2.05, 4.69) is 10.3 Å². The predicted molar refractivity (Wildman–Crippen MR) is 65.7 cm³/mol. The van der Waals surface area contributed by atoms with Crippen molar-refractivity contribution in [2.75, 3.05) is 0 Å². The van der Waals surface area contributed by atoms with Crippen molar-refractivity contribution in [3.63, 3.8) is 0 Å². The Bertz CT molecular complexity index is 689. The molecule has 19 heavy (non-hydrogen) atoms. The van der Waals surface area contributed by atoms with Crippen molar-refractivity contribution in [3.05, 3.63) is 35.9 Å². The number of pyridine rings is 1. The summed E-state index contributed by atoms with van der Waals surface area (Å²) in [6.45, 7) is 0. The fraction of sp³-hybridized carbons (Fsp3) is 0.231. The molecule has 6 heteroatoms. The van der Waals surface area contributed by atoms with E-state index in [0.29, 0.717) is 24.1 Å². The Morgan fingerprint density at radius 2 is 2.21 bits per heavy atom. The van der Waals surface area contributed by atoms with Crippen LogP contribution in [-0.2, 0) is 9.59 Å². The van der Waals surface area contributed by atoms with Gasteiger partial charge in [-0.2, -0.15) is 0 Å². The second-order valence-electron chi connectivity index (χ2n) is 4.52. The van der Waals surface area contributed by atoms with Crippen molar-refractivity contribution in [2.45, 2.75) is 18.8 Å². The summed E-state index contributed by atoms with van der Waals surface area (Å²) in [6, 6.07) is 3.37. The van der Waals surface area contributed by atoms with Crippen LogP contribution in [0, 0.1) is 0 Å². The van der Waals surface area contributed by atoms with Gasteiger partial charge in [0.15, 0.2) is 0 Å². The lowest BCUT2D eigenvalue weighted by Gasteiger charge is -2.22. The molecule has 2 amide bonds. The van der Waals surface area contributed by atoms with E-state index in [1.165, 1.54) is 0 Å². The number of imide groups is 1. The van der Waals surface area contributed by atoms with Gasteiger partial charge in [0.25, 0.3) is 0 Å². The number of nitrogens with zero attached hydrogens (tertiary/aromatic N) is 2. The maximum absolute atomic E-state index is 11.9. The van der Waals surface area contributed by atoms with Gasteiger partial charge in [-0.3, -0.25) is 19.7 Å². The van der Waals surface area contributed by atoms with Gasteiger partial charge in [0, 0.05) is 17.7 Å². The summed E-state index contributed by atoms with van der Waals surface area (Å²) < 4.78 is 1.77. The van der Waals surface area contributed by atoms with Gasteiger partial charge in [-0.15, -0.1) is 0 Å². The second-order valence-corrected chi connectivity index (χ2v) is 4.52. The zero-order valence-electron chi connectivity index (χ0n) is 10.00. The van der Waals surface area contributed by atoms with Crippen LogP contribution >= 0.6 is 0 Å². The monoisotopic (exact) mass is 257 g/mol. The minimum atomic E-state index is -0.436. The van der Waals surface area contributed by atoms with Gasteiger partial charge in [0.05, 0.1) is 24.0 Å². The van der Waals surface area contributed by atoms with Crippen LogP contribution in [0.2, 0.25) is 0 Å². The molecule has 3 rings (SSSR count). The van der Waals surface area contributed by atoms with Crippen molar-refractivity contribution in [2.24, 2.45) is 0 Å². The third-order valence-electron chi connectivity index (χ3n) is 3.31. The highest BCUT2D eigenvalue weighted by atomic mass is 16.2. The highest BCUT2D eigenvalue weighted by Gasteiger charge is 2.29. The standard InChI is InChI=1S/C13H11N3O3/c17-6-8-3-9-5-14-7-16(9)11(4-8)10-1-2-12(18)15-13(10)19/h3-7,10H,1-2H2,(H,15,18,19). The van der Waals surface area contributed by atoms with Crippen molar-refractivity contribution in [3.8, 4) is 0 Å². The van der Waals surface area contributed by atoms with E-state index in [1.807, 2.05) is 0 Å². The van der Waals surface area contributed by atoms with Crippen molar-refractivity contribution >= 4 is 23.6 Å². The number of carbonyl (C=O) groups excluding carboxylic acids is 3. The number of hydrogen-bond acceptors (Lipinski definition) is 4. The number of nitrogens with one attached hydrogen (secondary N) is 1. The van der Waals surface area contributed by atoms with Gasteiger partial charge < -0.3 is 4.40 Å². The number of hydrogen-bond donors (Lipinski definition) is 1. The molecule has 1 unspecified atom stereocenters. The molecule has 2 aromatic heterocycles. The van der Waals surface area contributed by atoms with Crippen LogP contribution in [0.3, 0.4) is 0 Å². The first kappa shape index (κ1) is 11.6. The van der Waals surface area contributed by atoms with Crippen LogP contribution in [0.25, 0.3) is 5.52 Å². The van der Waals surface area contributed by atoms with Crippen LogP contribution in [0.5, 0.6) is 0 Å². The number of imidazole rings is 1. The third kappa shape index (κ3) is 1.91. The van der Waals surface area contributed by atoms with Crippen LogP contribution in [0.4, 0.5) is 0 Å². The summed E-state index contributed by atoms with van der Waals surface area (Å²) in [5.41, 5.74) is 1.93. The molecule has 0 aliphatic carbocycles. The SMILES string of the molecule is O=Cc1cc(C2CCC(=O)NC2=O)n2cncc2c1. The average molecular weight is 257 g/mol. The number of amides is 2. The number of rotatable bonds is 2. The molecule has 0 radical (unpaired) electrons. The maximum Gasteiger partial charge on any atom is 0.235 e. The Morgan fingerprint density at radius 3 is 2.95 bits per heavy atom. The first-order valence-electron chi connectivity index (χ1n) is 5.94. The number of carbonyl (C=O) groups is 3. The van der Waals surface area contributed by atoms with Crippen LogP contribution in [-0.4, -0.2) is 27.5 Å². The minimum absolute atomic E-state index is 0.255. The fourth-order valence-corrected chi connectivity index (χ4v) is 2.39. The summed E-state index contributed by atoms with van der Waals surface area (Å²) in [6.07, 6.45) is 4.71.